The number of amides is 2. The molecule has 1 aromatic rings. The minimum absolute atomic E-state index is 0.163. The number of hydrogen-bond acceptors (Lipinski definition) is 5. The second-order valence-electron chi connectivity index (χ2n) is 5.02. The molecule has 0 radical (unpaired) electrons. The van der Waals surface area contributed by atoms with Crippen LogP contribution >= 0.6 is 0 Å². The highest BCUT2D eigenvalue weighted by Crippen LogP contribution is 2.18. The van der Waals surface area contributed by atoms with Gasteiger partial charge in [-0.2, -0.15) is 0 Å². The molecule has 128 valence electrons. The highest BCUT2D eigenvalue weighted by Gasteiger charge is 2.21. The first kappa shape index (κ1) is 17.7. The van der Waals surface area contributed by atoms with E-state index in [4.69, 9.17) is 9.47 Å². The molecule has 0 unspecified atom stereocenters. The first-order valence-electron chi connectivity index (χ1n) is 7.73. The van der Waals surface area contributed by atoms with Crippen LogP contribution in [-0.2, 0) is 19.1 Å². The Kier molecular flexibility index (Phi) is 6.51. The number of morpholine rings is 1. The van der Waals surface area contributed by atoms with Gasteiger partial charge in [0.15, 0.2) is 0 Å². The molecule has 0 aromatic heterocycles. The van der Waals surface area contributed by atoms with Gasteiger partial charge in [-0.1, -0.05) is 12.1 Å². The third kappa shape index (κ3) is 4.92. The second kappa shape index (κ2) is 8.83. The van der Waals surface area contributed by atoms with E-state index in [1.165, 1.54) is 0 Å². The van der Waals surface area contributed by atoms with E-state index in [0.717, 1.165) is 12.2 Å². The van der Waals surface area contributed by atoms with Crippen LogP contribution in [0.3, 0.4) is 0 Å². The van der Waals surface area contributed by atoms with E-state index < -0.39 is 11.9 Å². The molecule has 1 N–H and O–H groups in total. The summed E-state index contributed by atoms with van der Waals surface area (Å²) in [7, 11) is 0. The van der Waals surface area contributed by atoms with E-state index in [2.05, 4.69) is 5.32 Å². The van der Waals surface area contributed by atoms with Gasteiger partial charge in [0.05, 0.1) is 31.1 Å². The molecular formula is C17H20N2O5. The van der Waals surface area contributed by atoms with Gasteiger partial charge in [-0.3, -0.25) is 9.59 Å². The Hall–Kier alpha value is -2.67. The van der Waals surface area contributed by atoms with Crippen molar-refractivity contribution in [3.05, 3.63) is 42.0 Å². The van der Waals surface area contributed by atoms with Crippen molar-refractivity contribution in [2.24, 2.45) is 0 Å². The van der Waals surface area contributed by atoms with Gasteiger partial charge in [0.2, 0.25) is 5.91 Å². The van der Waals surface area contributed by atoms with Crippen LogP contribution in [0.2, 0.25) is 0 Å². The lowest BCUT2D eigenvalue weighted by Crippen LogP contribution is -2.41. The van der Waals surface area contributed by atoms with Gasteiger partial charge in [0.25, 0.3) is 5.91 Å². The maximum absolute atomic E-state index is 12.6. The van der Waals surface area contributed by atoms with Crippen molar-refractivity contribution < 1.29 is 23.9 Å². The van der Waals surface area contributed by atoms with Crippen LogP contribution in [0.4, 0.5) is 5.69 Å². The molecule has 2 rings (SSSR count). The van der Waals surface area contributed by atoms with E-state index in [9.17, 15) is 14.4 Å². The molecule has 1 aliphatic rings. The van der Waals surface area contributed by atoms with Crippen molar-refractivity contribution in [1.82, 2.24) is 4.90 Å². The largest absolute Gasteiger partial charge is 0.463 e. The number of nitrogens with zero attached hydrogens (tertiary/aromatic N) is 1. The fourth-order valence-corrected chi connectivity index (χ4v) is 2.22. The van der Waals surface area contributed by atoms with Gasteiger partial charge in [-0.05, 0) is 19.1 Å². The van der Waals surface area contributed by atoms with Crippen LogP contribution in [0, 0.1) is 0 Å². The summed E-state index contributed by atoms with van der Waals surface area (Å²) in [6.07, 6.45) is 2.12. The van der Waals surface area contributed by atoms with Crippen molar-refractivity contribution >= 4 is 23.5 Å². The number of ether oxygens (including phenoxy) is 2. The van der Waals surface area contributed by atoms with Gasteiger partial charge >= 0.3 is 5.97 Å². The molecule has 0 saturated carbocycles. The smallest absolute Gasteiger partial charge is 0.330 e. The van der Waals surface area contributed by atoms with Gasteiger partial charge in [-0.15, -0.1) is 0 Å². The van der Waals surface area contributed by atoms with E-state index in [0.29, 0.717) is 37.6 Å². The average molecular weight is 332 g/mol. The predicted octanol–water partition coefficient (Wildman–Crippen LogP) is 1.22. The summed E-state index contributed by atoms with van der Waals surface area (Å²) in [5, 5.41) is 2.62. The number of esters is 1. The molecule has 0 atom stereocenters. The Labute approximate surface area is 140 Å². The Morgan fingerprint density at radius 2 is 1.92 bits per heavy atom. The second-order valence-corrected chi connectivity index (χ2v) is 5.02. The van der Waals surface area contributed by atoms with Crippen LogP contribution < -0.4 is 5.32 Å². The lowest BCUT2D eigenvalue weighted by molar-refractivity contribution is -0.137. The van der Waals surface area contributed by atoms with Crippen LogP contribution in [0.15, 0.2) is 36.4 Å². The molecule has 1 fully saturated rings. The third-order valence-corrected chi connectivity index (χ3v) is 3.37. The first-order valence-corrected chi connectivity index (χ1v) is 7.73. The zero-order valence-corrected chi connectivity index (χ0v) is 13.5. The fraction of sp³-hybridized carbons (Fsp3) is 0.353. The number of rotatable bonds is 5. The van der Waals surface area contributed by atoms with E-state index in [1.807, 2.05) is 0 Å². The Bertz CT molecular complexity index is 636. The number of hydrogen-bond donors (Lipinski definition) is 1. The average Bonchev–Trinajstić information content (AvgIpc) is 2.61. The molecule has 0 bridgehead atoms. The highest BCUT2D eigenvalue weighted by atomic mass is 16.5. The molecule has 1 aliphatic heterocycles. The lowest BCUT2D eigenvalue weighted by atomic mass is 10.1. The Morgan fingerprint density at radius 3 is 2.62 bits per heavy atom. The molecule has 1 aromatic carbocycles. The fourth-order valence-electron chi connectivity index (χ4n) is 2.22. The van der Waals surface area contributed by atoms with E-state index in [1.54, 1.807) is 36.1 Å². The topological polar surface area (TPSA) is 84.9 Å². The normalized spacial score (nSPS) is 14.5. The maximum atomic E-state index is 12.6. The Morgan fingerprint density at radius 1 is 1.21 bits per heavy atom. The Balaban J connectivity index is 2.06. The first-order chi connectivity index (χ1) is 11.6. The summed E-state index contributed by atoms with van der Waals surface area (Å²) in [5.41, 5.74) is 0.796. The van der Waals surface area contributed by atoms with Crippen LogP contribution in [0.1, 0.15) is 17.3 Å². The highest BCUT2D eigenvalue weighted by molar-refractivity contribution is 6.07. The standard InChI is InChI=1S/C17H20N2O5/c1-2-24-16(21)8-7-15(20)18-14-6-4-3-5-13(14)17(22)19-9-11-23-12-10-19/h3-8H,2,9-12H2,1H3,(H,18,20)/b8-7+. The van der Waals surface area contributed by atoms with Crippen LogP contribution in [0.25, 0.3) is 0 Å². The molecular weight excluding hydrogens is 312 g/mol. The molecule has 24 heavy (non-hydrogen) atoms. The van der Waals surface area contributed by atoms with Crippen molar-refractivity contribution in [2.45, 2.75) is 6.92 Å². The molecule has 0 spiro atoms. The molecule has 7 heteroatoms. The van der Waals surface area contributed by atoms with Crippen molar-refractivity contribution in [1.29, 1.82) is 0 Å². The van der Waals surface area contributed by atoms with Gasteiger partial charge in [0.1, 0.15) is 0 Å². The van der Waals surface area contributed by atoms with Gasteiger partial charge in [0, 0.05) is 25.2 Å². The zero-order valence-electron chi connectivity index (χ0n) is 13.5. The van der Waals surface area contributed by atoms with Crippen LogP contribution in [-0.4, -0.2) is 55.6 Å². The van der Waals surface area contributed by atoms with Gasteiger partial charge in [-0.25, -0.2) is 4.79 Å². The number of carbonyl (C=O) groups is 3. The molecule has 0 aliphatic carbocycles. The van der Waals surface area contributed by atoms with E-state index in [-0.39, 0.29) is 12.5 Å². The lowest BCUT2D eigenvalue weighted by Gasteiger charge is -2.27. The van der Waals surface area contributed by atoms with E-state index >= 15 is 0 Å². The van der Waals surface area contributed by atoms with Crippen molar-refractivity contribution in [2.75, 3.05) is 38.2 Å². The van der Waals surface area contributed by atoms with Gasteiger partial charge < -0.3 is 19.7 Å². The molecule has 2 amide bonds. The van der Waals surface area contributed by atoms with Crippen LogP contribution in [0.5, 0.6) is 0 Å². The summed E-state index contributed by atoms with van der Waals surface area (Å²) in [6, 6.07) is 6.75. The SMILES string of the molecule is CCOC(=O)/C=C/C(=O)Nc1ccccc1C(=O)N1CCOCC1. The summed E-state index contributed by atoms with van der Waals surface area (Å²) < 4.78 is 9.94. The third-order valence-electron chi connectivity index (χ3n) is 3.37. The molecule has 7 nitrogen and oxygen atoms in total. The minimum atomic E-state index is -0.592. The summed E-state index contributed by atoms with van der Waals surface area (Å²) >= 11 is 0. The summed E-state index contributed by atoms with van der Waals surface area (Å²) in [4.78, 5) is 37.4. The monoisotopic (exact) mass is 332 g/mol. The minimum Gasteiger partial charge on any atom is -0.463 e. The van der Waals surface area contributed by atoms with Crippen molar-refractivity contribution in [3.63, 3.8) is 0 Å². The number of carbonyl (C=O) groups excluding carboxylic acids is 3. The molecule has 1 saturated heterocycles. The number of nitrogens with one attached hydrogen (secondary N) is 1. The number of benzene rings is 1. The number of para-hydroxylation sites is 1. The summed E-state index contributed by atoms with van der Waals surface area (Å²) in [6.45, 7) is 3.96. The van der Waals surface area contributed by atoms with Crippen molar-refractivity contribution in [3.8, 4) is 0 Å². The predicted molar refractivity (Wildman–Crippen MR) is 87.6 cm³/mol. The maximum Gasteiger partial charge on any atom is 0.330 e. The summed E-state index contributed by atoms with van der Waals surface area (Å²) in [5.74, 6) is -1.26. The molecule has 1 heterocycles. The zero-order chi connectivity index (χ0) is 17.4. The number of anilines is 1. The quantitative estimate of drug-likeness (QED) is 0.647.